The van der Waals surface area contributed by atoms with Crippen LogP contribution in [-0.2, 0) is 26.6 Å². The predicted molar refractivity (Wildman–Crippen MR) is 129 cm³/mol. The van der Waals surface area contributed by atoms with Crippen molar-refractivity contribution in [1.29, 1.82) is 0 Å². The fraction of sp³-hybridized carbons (Fsp3) is 0.348. The van der Waals surface area contributed by atoms with Crippen molar-refractivity contribution in [3.05, 3.63) is 77.7 Å². The van der Waals surface area contributed by atoms with Gasteiger partial charge in [0.25, 0.3) is 5.91 Å². The summed E-state index contributed by atoms with van der Waals surface area (Å²) in [6.45, 7) is 4.14. The molecule has 1 aliphatic heterocycles. The molecule has 1 atom stereocenters. The summed E-state index contributed by atoms with van der Waals surface area (Å²) >= 11 is 0. The van der Waals surface area contributed by atoms with Crippen molar-refractivity contribution in [3.63, 3.8) is 0 Å². The summed E-state index contributed by atoms with van der Waals surface area (Å²) in [7, 11) is -7.34. The van der Waals surface area contributed by atoms with Gasteiger partial charge in [-0.05, 0) is 42.2 Å². The lowest BCUT2D eigenvalue weighted by Gasteiger charge is -2.22. The van der Waals surface area contributed by atoms with Gasteiger partial charge in [0, 0.05) is 43.7 Å². The standard InChI is InChI=1S/C23H29N3O6S2/c1-2-33(29,30)24-16-20-12-13-26(18-20)34(31,32)22-10-8-21(9-11-22)23(28)25(14-15-27)17-19-6-4-3-5-7-19/h2-11,20,24,27H,1,12-18H2/t20-/m1/s1. The molecule has 0 unspecified atom stereocenters. The lowest BCUT2D eigenvalue weighted by atomic mass is 10.1. The highest BCUT2D eigenvalue weighted by molar-refractivity contribution is 7.92. The lowest BCUT2D eigenvalue weighted by Crippen LogP contribution is -2.33. The normalized spacial score (nSPS) is 16.9. The number of aliphatic hydroxyl groups excluding tert-OH is 1. The van der Waals surface area contributed by atoms with Gasteiger partial charge in [0.05, 0.1) is 11.5 Å². The molecule has 0 aromatic heterocycles. The van der Waals surface area contributed by atoms with Gasteiger partial charge >= 0.3 is 0 Å². The largest absolute Gasteiger partial charge is 0.395 e. The third kappa shape index (κ3) is 6.51. The summed E-state index contributed by atoms with van der Waals surface area (Å²) in [4.78, 5) is 14.5. The van der Waals surface area contributed by atoms with Gasteiger partial charge in [-0.15, -0.1) is 0 Å². The van der Waals surface area contributed by atoms with E-state index in [0.717, 1.165) is 11.0 Å². The van der Waals surface area contributed by atoms with Crippen molar-refractivity contribution in [2.24, 2.45) is 5.92 Å². The molecule has 11 heteroatoms. The van der Waals surface area contributed by atoms with Crippen molar-refractivity contribution in [2.45, 2.75) is 17.9 Å². The van der Waals surface area contributed by atoms with Crippen molar-refractivity contribution >= 4 is 26.0 Å². The van der Waals surface area contributed by atoms with Gasteiger partial charge in [0.15, 0.2) is 0 Å². The molecular formula is C23H29N3O6S2. The molecule has 3 rings (SSSR count). The number of aliphatic hydroxyl groups is 1. The Hall–Kier alpha value is -2.57. The van der Waals surface area contributed by atoms with Crippen LogP contribution in [0.4, 0.5) is 0 Å². The second kappa shape index (κ2) is 11.2. The molecule has 2 aromatic carbocycles. The van der Waals surface area contributed by atoms with Crippen LogP contribution in [0.25, 0.3) is 0 Å². The molecule has 9 nitrogen and oxygen atoms in total. The Morgan fingerprint density at radius 3 is 2.41 bits per heavy atom. The van der Waals surface area contributed by atoms with Crippen LogP contribution in [0, 0.1) is 5.92 Å². The molecule has 0 aliphatic carbocycles. The van der Waals surface area contributed by atoms with E-state index >= 15 is 0 Å². The smallest absolute Gasteiger partial charge is 0.254 e. The molecule has 34 heavy (non-hydrogen) atoms. The molecule has 1 fully saturated rings. The number of rotatable bonds is 11. The van der Waals surface area contributed by atoms with Crippen LogP contribution in [0.3, 0.4) is 0 Å². The van der Waals surface area contributed by atoms with Crippen LogP contribution in [0.15, 0.2) is 71.5 Å². The van der Waals surface area contributed by atoms with E-state index in [-0.39, 0.29) is 49.5 Å². The van der Waals surface area contributed by atoms with Gasteiger partial charge in [-0.25, -0.2) is 21.6 Å². The van der Waals surface area contributed by atoms with Crippen molar-refractivity contribution < 1.29 is 26.7 Å². The maximum Gasteiger partial charge on any atom is 0.254 e. The van der Waals surface area contributed by atoms with E-state index in [1.807, 2.05) is 30.3 Å². The van der Waals surface area contributed by atoms with E-state index < -0.39 is 20.0 Å². The molecule has 0 bridgehead atoms. The molecule has 1 aliphatic rings. The number of amides is 1. The molecule has 0 spiro atoms. The van der Waals surface area contributed by atoms with Gasteiger partial charge in [-0.3, -0.25) is 4.79 Å². The van der Waals surface area contributed by atoms with Gasteiger partial charge < -0.3 is 10.0 Å². The van der Waals surface area contributed by atoms with E-state index in [0.29, 0.717) is 18.5 Å². The number of sulfonamides is 2. The molecule has 0 saturated carbocycles. The first-order valence-electron chi connectivity index (χ1n) is 10.8. The highest BCUT2D eigenvalue weighted by Gasteiger charge is 2.33. The topological polar surface area (TPSA) is 124 Å². The van der Waals surface area contributed by atoms with E-state index in [4.69, 9.17) is 0 Å². The van der Waals surface area contributed by atoms with Crippen LogP contribution in [-0.4, -0.2) is 69.8 Å². The zero-order valence-electron chi connectivity index (χ0n) is 18.7. The zero-order valence-corrected chi connectivity index (χ0v) is 20.3. The Morgan fingerprint density at radius 2 is 1.79 bits per heavy atom. The summed E-state index contributed by atoms with van der Waals surface area (Å²) in [5, 5.41) is 10.2. The SMILES string of the molecule is C=CS(=O)(=O)NC[C@H]1CCN(S(=O)(=O)c2ccc(C(=O)N(CCO)Cc3ccccc3)cc2)C1. The minimum Gasteiger partial charge on any atom is -0.395 e. The molecule has 1 heterocycles. The highest BCUT2D eigenvalue weighted by Crippen LogP contribution is 2.25. The first kappa shape index (κ1) is 26.0. The third-order valence-electron chi connectivity index (χ3n) is 5.65. The molecule has 0 radical (unpaired) electrons. The number of nitrogens with one attached hydrogen (secondary N) is 1. The Labute approximate surface area is 200 Å². The fourth-order valence-electron chi connectivity index (χ4n) is 3.75. The van der Waals surface area contributed by atoms with E-state index in [1.165, 1.54) is 33.5 Å². The monoisotopic (exact) mass is 507 g/mol. The zero-order chi connectivity index (χ0) is 24.8. The Bertz CT molecular complexity index is 1200. The number of hydrogen-bond acceptors (Lipinski definition) is 6. The van der Waals surface area contributed by atoms with Crippen LogP contribution in [0.2, 0.25) is 0 Å². The summed E-state index contributed by atoms with van der Waals surface area (Å²) in [5.74, 6) is -0.451. The summed E-state index contributed by atoms with van der Waals surface area (Å²) < 4.78 is 52.9. The summed E-state index contributed by atoms with van der Waals surface area (Å²) in [5.41, 5.74) is 1.24. The fourth-order valence-corrected chi connectivity index (χ4v) is 5.87. The maximum absolute atomic E-state index is 13.0. The van der Waals surface area contributed by atoms with Gasteiger partial charge in [0.1, 0.15) is 0 Å². The van der Waals surface area contributed by atoms with Crippen molar-refractivity contribution in [3.8, 4) is 0 Å². The second-order valence-electron chi connectivity index (χ2n) is 8.04. The van der Waals surface area contributed by atoms with E-state index in [9.17, 15) is 26.7 Å². The highest BCUT2D eigenvalue weighted by atomic mass is 32.2. The van der Waals surface area contributed by atoms with Crippen LogP contribution < -0.4 is 4.72 Å². The number of benzene rings is 2. The van der Waals surface area contributed by atoms with E-state index in [1.54, 1.807) is 0 Å². The molecule has 184 valence electrons. The average Bonchev–Trinajstić information content (AvgIpc) is 3.33. The first-order chi connectivity index (χ1) is 16.2. The quantitative estimate of drug-likeness (QED) is 0.474. The van der Waals surface area contributed by atoms with Crippen molar-refractivity contribution in [2.75, 3.05) is 32.8 Å². The van der Waals surface area contributed by atoms with Gasteiger partial charge in [-0.2, -0.15) is 4.31 Å². The van der Waals surface area contributed by atoms with Gasteiger partial charge in [0.2, 0.25) is 20.0 Å². The third-order valence-corrected chi connectivity index (χ3v) is 8.54. The molecule has 2 N–H and O–H groups in total. The Kier molecular flexibility index (Phi) is 8.61. The number of carbonyl (C=O) groups excluding carboxylic acids is 1. The number of carbonyl (C=O) groups is 1. The number of nitrogens with zero attached hydrogens (tertiary/aromatic N) is 2. The van der Waals surface area contributed by atoms with Gasteiger partial charge in [-0.1, -0.05) is 36.9 Å². The lowest BCUT2D eigenvalue weighted by molar-refractivity contribution is 0.0707. The summed E-state index contributed by atoms with van der Waals surface area (Å²) in [6, 6.07) is 15.1. The Balaban J connectivity index is 1.67. The average molecular weight is 508 g/mol. The van der Waals surface area contributed by atoms with Crippen LogP contribution in [0.5, 0.6) is 0 Å². The minimum absolute atomic E-state index is 0.0631. The number of hydrogen-bond donors (Lipinski definition) is 2. The Morgan fingerprint density at radius 1 is 1.12 bits per heavy atom. The summed E-state index contributed by atoms with van der Waals surface area (Å²) in [6.07, 6.45) is 0.533. The van der Waals surface area contributed by atoms with E-state index in [2.05, 4.69) is 11.3 Å². The second-order valence-corrected chi connectivity index (χ2v) is 11.7. The predicted octanol–water partition coefficient (Wildman–Crippen LogP) is 1.39. The minimum atomic E-state index is -3.78. The maximum atomic E-state index is 13.0. The van der Waals surface area contributed by atoms with Crippen LogP contribution in [0.1, 0.15) is 22.3 Å². The van der Waals surface area contributed by atoms with Crippen molar-refractivity contribution in [1.82, 2.24) is 13.9 Å². The first-order valence-corrected chi connectivity index (χ1v) is 13.8. The molecule has 1 saturated heterocycles. The van der Waals surface area contributed by atoms with Crippen LogP contribution >= 0.6 is 0 Å². The molecule has 1 amide bonds. The molecular weight excluding hydrogens is 478 g/mol. The molecule has 2 aromatic rings.